The molecule has 18 heavy (non-hydrogen) atoms. The molecule has 0 aliphatic carbocycles. The predicted octanol–water partition coefficient (Wildman–Crippen LogP) is 1.67. The Labute approximate surface area is 108 Å². The molecule has 0 saturated carbocycles. The quantitative estimate of drug-likeness (QED) is 0.806. The van der Waals surface area contributed by atoms with Gasteiger partial charge in [-0.25, -0.2) is 9.97 Å². The molecule has 1 rings (SSSR count). The lowest BCUT2D eigenvalue weighted by Crippen LogP contribution is -2.28. The third-order valence-corrected chi connectivity index (χ3v) is 2.33. The van der Waals surface area contributed by atoms with Crippen molar-refractivity contribution in [2.24, 2.45) is 5.92 Å². The van der Waals surface area contributed by atoms with E-state index in [1.54, 1.807) is 0 Å². The number of amides is 1. The molecular weight excluding hydrogens is 228 g/mol. The van der Waals surface area contributed by atoms with Gasteiger partial charge in [0.05, 0.1) is 0 Å². The van der Waals surface area contributed by atoms with Crippen LogP contribution in [0, 0.1) is 19.8 Å². The number of carbonyl (C=O) groups excluding carboxylic acids is 1. The van der Waals surface area contributed by atoms with Gasteiger partial charge in [-0.15, -0.1) is 0 Å². The van der Waals surface area contributed by atoms with Crippen LogP contribution in [0.4, 0.5) is 5.82 Å². The van der Waals surface area contributed by atoms with Crippen molar-refractivity contribution in [3.8, 4) is 0 Å². The zero-order chi connectivity index (χ0) is 13.5. The van der Waals surface area contributed by atoms with Gasteiger partial charge in [-0.1, -0.05) is 13.8 Å². The Hall–Kier alpha value is -1.65. The van der Waals surface area contributed by atoms with E-state index in [-0.39, 0.29) is 5.91 Å². The van der Waals surface area contributed by atoms with Crippen molar-refractivity contribution < 1.29 is 4.79 Å². The maximum absolute atomic E-state index is 11.5. The van der Waals surface area contributed by atoms with Crippen LogP contribution in [-0.4, -0.2) is 29.0 Å². The summed E-state index contributed by atoms with van der Waals surface area (Å²) >= 11 is 0. The highest BCUT2D eigenvalue weighted by molar-refractivity contribution is 5.76. The van der Waals surface area contributed by atoms with Gasteiger partial charge in [-0.3, -0.25) is 4.79 Å². The molecule has 0 aliphatic heterocycles. The number of anilines is 1. The fourth-order valence-electron chi connectivity index (χ4n) is 1.52. The molecule has 1 aromatic rings. The molecule has 0 spiro atoms. The van der Waals surface area contributed by atoms with E-state index < -0.39 is 0 Å². The molecule has 0 unspecified atom stereocenters. The second-order valence-electron chi connectivity index (χ2n) is 4.82. The molecule has 0 saturated heterocycles. The van der Waals surface area contributed by atoms with Crippen LogP contribution >= 0.6 is 0 Å². The first-order valence-corrected chi connectivity index (χ1v) is 6.30. The average Bonchev–Trinajstić information content (AvgIpc) is 2.25. The summed E-state index contributed by atoms with van der Waals surface area (Å²) < 4.78 is 0. The fraction of sp³-hybridized carbons (Fsp3) is 0.615. The molecule has 2 N–H and O–H groups in total. The minimum atomic E-state index is 0.0682. The van der Waals surface area contributed by atoms with Crippen LogP contribution in [0.15, 0.2) is 6.07 Å². The Morgan fingerprint density at radius 3 is 2.67 bits per heavy atom. The summed E-state index contributed by atoms with van der Waals surface area (Å²) in [7, 11) is 0. The fourth-order valence-corrected chi connectivity index (χ4v) is 1.52. The molecule has 0 fully saturated rings. The zero-order valence-electron chi connectivity index (χ0n) is 11.6. The molecular formula is C13H22N4O. The van der Waals surface area contributed by atoms with Gasteiger partial charge in [0.1, 0.15) is 11.6 Å². The molecule has 0 atom stereocenters. The van der Waals surface area contributed by atoms with Gasteiger partial charge in [0.2, 0.25) is 5.91 Å². The van der Waals surface area contributed by atoms with Crippen molar-refractivity contribution >= 4 is 11.7 Å². The SMILES string of the molecule is Cc1cc(NCCC(=O)NCC(C)C)nc(C)n1. The third kappa shape index (κ3) is 5.61. The normalized spacial score (nSPS) is 10.5. The molecule has 1 aromatic heterocycles. The van der Waals surface area contributed by atoms with Gasteiger partial charge in [0.25, 0.3) is 0 Å². The van der Waals surface area contributed by atoms with E-state index in [9.17, 15) is 4.79 Å². The first kappa shape index (κ1) is 14.4. The van der Waals surface area contributed by atoms with Gasteiger partial charge in [0.15, 0.2) is 0 Å². The molecule has 5 heteroatoms. The molecule has 100 valence electrons. The van der Waals surface area contributed by atoms with Crippen LogP contribution in [0.25, 0.3) is 0 Å². The lowest BCUT2D eigenvalue weighted by atomic mass is 10.2. The van der Waals surface area contributed by atoms with Crippen molar-refractivity contribution in [1.82, 2.24) is 15.3 Å². The summed E-state index contributed by atoms with van der Waals surface area (Å²) in [4.78, 5) is 19.9. The number of aromatic nitrogens is 2. The zero-order valence-corrected chi connectivity index (χ0v) is 11.6. The van der Waals surface area contributed by atoms with Crippen LogP contribution in [-0.2, 0) is 4.79 Å². The largest absolute Gasteiger partial charge is 0.369 e. The summed E-state index contributed by atoms with van der Waals surface area (Å²) in [5, 5.41) is 6.01. The lowest BCUT2D eigenvalue weighted by Gasteiger charge is -2.09. The lowest BCUT2D eigenvalue weighted by molar-refractivity contribution is -0.120. The van der Waals surface area contributed by atoms with Crippen molar-refractivity contribution in [2.45, 2.75) is 34.1 Å². The summed E-state index contributed by atoms with van der Waals surface area (Å²) in [6.45, 7) is 9.24. The minimum Gasteiger partial charge on any atom is -0.369 e. The first-order chi connectivity index (χ1) is 8.47. The third-order valence-electron chi connectivity index (χ3n) is 2.33. The number of nitrogens with one attached hydrogen (secondary N) is 2. The Balaban J connectivity index is 2.30. The molecule has 1 heterocycles. The highest BCUT2D eigenvalue weighted by atomic mass is 16.1. The number of hydrogen-bond donors (Lipinski definition) is 2. The first-order valence-electron chi connectivity index (χ1n) is 6.30. The van der Waals surface area contributed by atoms with Gasteiger partial charge in [-0.05, 0) is 19.8 Å². The van der Waals surface area contributed by atoms with Crippen LogP contribution in [0.2, 0.25) is 0 Å². The van der Waals surface area contributed by atoms with Crippen LogP contribution in [0.3, 0.4) is 0 Å². The molecule has 0 bridgehead atoms. The van der Waals surface area contributed by atoms with Crippen molar-refractivity contribution in [2.75, 3.05) is 18.4 Å². The summed E-state index contributed by atoms with van der Waals surface area (Å²) in [6, 6.07) is 1.87. The van der Waals surface area contributed by atoms with Gasteiger partial charge in [-0.2, -0.15) is 0 Å². The Morgan fingerprint density at radius 1 is 1.33 bits per heavy atom. The average molecular weight is 250 g/mol. The maximum Gasteiger partial charge on any atom is 0.221 e. The standard InChI is InChI=1S/C13H22N4O/c1-9(2)8-15-13(18)5-6-14-12-7-10(3)16-11(4)17-12/h7,9H,5-6,8H2,1-4H3,(H,15,18)(H,14,16,17). The van der Waals surface area contributed by atoms with Gasteiger partial charge >= 0.3 is 0 Å². The van der Waals surface area contributed by atoms with Crippen molar-refractivity contribution in [3.05, 3.63) is 17.6 Å². The Bertz CT molecular complexity index is 384. The van der Waals surface area contributed by atoms with Gasteiger partial charge < -0.3 is 10.6 Å². The summed E-state index contributed by atoms with van der Waals surface area (Å²) in [5.74, 6) is 2.06. The van der Waals surface area contributed by atoms with Crippen LogP contribution in [0.1, 0.15) is 31.8 Å². The van der Waals surface area contributed by atoms with Gasteiger partial charge in [0, 0.05) is 31.3 Å². The monoisotopic (exact) mass is 250 g/mol. The second-order valence-corrected chi connectivity index (χ2v) is 4.82. The topological polar surface area (TPSA) is 66.9 Å². The highest BCUT2D eigenvalue weighted by Gasteiger charge is 2.03. The number of rotatable bonds is 6. The summed E-state index contributed by atoms with van der Waals surface area (Å²) in [5.41, 5.74) is 0.925. The van der Waals surface area contributed by atoms with E-state index in [1.807, 2.05) is 19.9 Å². The molecule has 0 aromatic carbocycles. The maximum atomic E-state index is 11.5. The minimum absolute atomic E-state index is 0.0682. The molecule has 0 aliphatic rings. The van der Waals surface area contributed by atoms with E-state index in [0.29, 0.717) is 18.9 Å². The smallest absolute Gasteiger partial charge is 0.221 e. The van der Waals surface area contributed by atoms with Crippen LogP contribution < -0.4 is 10.6 Å². The van der Waals surface area contributed by atoms with E-state index in [0.717, 1.165) is 23.9 Å². The number of hydrogen-bond acceptors (Lipinski definition) is 4. The molecule has 0 radical (unpaired) electrons. The number of nitrogens with zero attached hydrogens (tertiary/aromatic N) is 2. The van der Waals surface area contributed by atoms with Crippen LogP contribution in [0.5, 0.6) is 0 Å². The van der Waals surface area contributed by atoms with Crippen molar-refractivity contribution in [3.63, 3.8) is 0 Å². The molecule has 1 amide bonds. The second kappa shape index (κ2) is 6.93. The van der Waals surface area contributed by atoms with Crippen molar-refractivity contribution in [1.29, 1.82) is 0 Å². The predicted molar refractivity (Wildman–Crippen MR) is 72.5 cm³/mol. The van der Waals surface area contributed by atoms with E-state index in [4.69, 9.17) is 0 Å². The van der Waals surface area contributed by atoms with E-state index in [1.165, 1.54) is 0 Å². The summed E-state index contributed by atoms with van der Waals surface area (Å²) in [6.07, 6.45) is 0.453. The Kier molecular flexibility index (Phi) is 5.55. The van der Waals surface area contributed by atoms with E-state index in [2.05, 4.69) is 34.4 Å². The molecule has 5 nitrogen and oxygen atoms in total. The number of aryl methyl sites for hydroxylation is 2. The Morgan fingerprint density at radius 2 is 2.06 bits per heavy atom. The highest BCUT2D eigenvalue weighted by Crippen LogP contribution is 2.05. The number of carbonyl (C=O) groups is 1. The van der Waals surface area contributed by atoms with E-state index >= 15 is 0 Å².